The number of halogens is 3. The molecule has 1 N–H and O–H groups in total. The van der Waals surface area contributed by atoms with E-state index in [4.69, 9.17) is 4.74 Å². The van der Waals surface area contributed by atoms with Gasteiger partial charge in [-0.2, -0.15) is 13.2 Å². The largest absolute Gasteiger partial charge is 0.426 e. The molecule has 0 atom stereocenters. The quantitative estimate of drug-likeness (QED) is 0.685. The number of carbonyl (C=O) groups excluding carboxylic acids is 2. The Bertz CT molecular complexity index is 548. The highest BCUT2D eigenvalue weighted by Crippen LogP contribution is 2.35. The summed E-state index contributed by atoms with van der Waals surface area (Å²) >= 11 is 0. The van der Waals surface area contributed by atoms with E-state index >= 15 is 0 Å². The minimum atomic E-state index is -4.60. The number of alkyl halides is 3. The number of nitrogens with one attached hydrogen (secondary N) is 1. The van der Waals surface area contributed by atoms with Gasteiger partial charge >= 0.3 is 12.1 Å². The lowest BCUT2D eigenvalue weighted by Gasteiger charge is -2.17. The van der Waals surface area contributed by atoms with Crippen molar-refractivity contribution in [1.29, 1.82) is 0 Å². The van der Waals surface area contributed by atoms with Gasteiger partial charge in [-0.3, -0.25) is 9.59 Å². The molecule has 0 radical (unpaired) electrons. The van der Waals surface area contributed by atoms with Gasteiger partial charge in [-0.05, 0) is 12.1 Å². The molecular weight excluding hydrogens is 299 g/mol. The van der Waals surface area contributed by atoms with Gasteiger partial charge in [0.15, 0.2) is 0 Å². The second kappa shape index (κ2) is 6.81. The van der Waals surface area contributed by atoms with Crippen LogP contribution in [0.2, 0.25) is 0 Å². The minimum Gasteiger partial charge on any atom is -0.426 e. The van der Waals surface area contributed by atoms with Gasteiger partial charge in [-0.25, -0.2) is 0 Å². The number of carbonyl (C=O) groups is 2. The zero-order valence-electron chi connectivity index (χ0n) is 12.6. The van der Waals surface area contributed by atoms with E-state index in [1.54, 1.807) is 20.8 Å². The van der Waals surface area contributed by atoms with Gasteiger partial charge < -0.3 is 10.1 Å². The smallest absolute Gasteiger partial charge is 0.419 e. The van der Waals surface area contributed by atoms with Crippen LogP contribution in [0.1, 0.15) is 32.8 Å². The molecule has 0 fully saturated rings. The number of esters is 1. The molecule has 122 valence electrons. The molecule has 0 aromatic heterocycles. The second-order valence-electron chi connectivity index (χ2n) is 5.72. The predicted octanol–water partition coefficient (Wildman–Crippen LogP) is 3.16. The first-order valence-electron chi connectivity index (χ1n) is 6.67. The van der Waals surface area contributed by atoms with Crippen molar-refractivity contribution >= 4 is 11.9 Å². The Morgan fingerprint density at radius 3 is 2.27 bits per heavy atom. The minimum absolute atomic E-state index is 0.00310. The van der Waals surface area contributed by atoms with Crippen molar-refractivity contribution in [1.82, 2.24) is 5.32 Å². The van der Waals surface area contributed by atoms with E-state index in [0.717, 1.165) is 12.1 Å². The Morgan fingerprint density at radius 2 is 1.73 bits per heavy atom. The Balaban J connectivity index is 2.59. The van der Waals surface area contributed by atoms with E-state index in [2.05, 4.69) is 5.32 Å². The average molecular weight is 317 g/mol. The average Bonchev–Trinajstić information content (AvgIpc) is 2.36. The summed E-state index contributed by atoms with van der Waals surface area (Å²) in [6, 6.07) is 4.47. The zero-order chi connectivity index (χ0) is 17.0. The number of hydrogen-bond donors (Lipinski definition) is 1. The van der Waals surface area contributed by atoms with Crippen molar-refractivity contribution < 1.29 is 27.5 Å². The molecule has 0 bridgehead atoms. The van der Waals surface area contributed by atoms with Crippen molar-refractivity contribution in [2.45, 2.75) is 33.4 Å². The predicted molar refractivity (Wildman–Crippen MR) is 74.2 cm³/mol. The van der Waals surface area contributed by atoms with Gasteiger partial charge in [-0.1, -0.05) is 32.9 Å². The standard InChI is InChI=1S/C15H18F3NO3/c1-14(2,3)13(21)19-9-8-12(20)22-11-7-5-4-6-10(11)15(16,17)18/h4-7H,8-9H2,1-3H3,(H,19,21). The molecule has 0 saturated carbocycles. The van der Waals surface area contributed by atoms with E-state index in [9.17, 15) is 22.8 Å². The van der Waals surface area contributed by atoms with Crippen molar-refractivity contribution in [3.8, 4) is 5.75 Å². The van der Waals surface area contributed by atoms with Crippen LogP contribution in [0.4, 0.5) is 13.2 Å². The summed E-state index contributed by atoms with van der Waals surface area (Å²) in [7, 11) is 0. The molecule has 0 aliphatic carbocycles. The molecule has 0 aliphatic heterocycles. The molecule has 1 rings (SSSR count). The number of ether oxygens (including phenoxy) is 1. The van der Waals surface area contributed by atoms with Gasteiger partial charge in [-0.15, -0.1) is 0 Å². The van der Waals surface area contributed by atoms with E-state index in [0.29, 0.717) is 0 Å². The lowest BCUT2D eigenvalue weighted by molar-refractivity contribution is -0.142. The molecule has 1 aromatic carbocycles. The monoisotopic (exact) mass is 317 g/mol. The Kier molecular flexibility index (Phi) is 5.57. The summed E-state index contributed by atoms with van der Waals surface area (Å²) in [6.07, 6.45) is -4.81. The fourth-order valence-electron chi connectivity index (χ4n) is 1.51. The fourth-order valence-corrected chi connectivity index (χ4v) is 1.51. The topological polar surface area (TPSA) is 55.4 Å². The molecule has 22 heavy (non-hydrogen) atoms. The third-order valence-corrected chi connectivity index (χ3v) is 2.71. The van der Waals surface area contributed by atoms with Gasteiger partial charge in [0, 0.05) is 12.0 Å². The van der Waals surface area contributed by atoms with Crippen LogP contribution in [-0.2, 0) is 15.8 Å². The lowest BCUT2D eigenvalue weighted by atomic mass is 9.96. The second-order valence-corrected chi connectivity index (χ2v) is 5.72. The molecule has 1 amide bonds. The number of benzene rings is 1. The van der Waals surface area contributed by atoms with E-state index in [-0.39, 0.29) is 18.9 Å². The highest BCUT2D eigenvalue weighted by Gasteiger charge is 2.34. The zero-order valence-corrected chi connectivity index (χ0v) is 12.6. The molecule has 7 heteroatoms. The molecule has 0 heterocycles. The van der Waals surface area contributed by atoms with Crippen LogP contribution in [0.3, 0.4) is 0 Å². The normalized spacial score (nSPS) is 11.9. The van der Waals surface area contributed by atoms with E-state index in [1.807, 2.05) is 0 Å². The first-order valence-corrected chi connectivity index (χ1v) is 6.67. The first kappa shape index (κ1) is 18.0. The van der Waals surface area contributed by atoms with Crippen LogP contribution in [-0.4, -0.2) is 18.4 Å². The van der Waals surface area contributed by atoms with Crippen LogP contribution in [0.15, 0.2) is 24.3 Å². The van der Waals surface area contributed by atoms with Gasteiger partial charge in [0.2, 0.25) is 5.91 Å². The maximum atomic E-state index is 12.7. The number of amides is 1. The van der Waals surface area contributed by atoms with Crippen molar-refractivity contribution in [2.24, 2.45) is 5.41 Å². The highest BCUT2D eigenvalue weighted by molar-refractivity contribution is 5.82. The molecule has 0 aliphatic rings. The van der Waals surface area contributed by atoms with Gasteiger partial charge in [0.25, 0.3) is 0 Å². The van der Waals surface area contributed by atoms with E-state index in [1.165, 1.54) is 12.1 Å². The SMILES string of the molecule is CC(C)(C)C(=O)NCCC(=O)Oc1ccccc1C(F)(F)F. The van der Waals surface area contributed by atoms with Gasteiger partial charge in [0.05, 0.1) is 12.0 Å². The summed E-state index contributed by atoms with van der Waals surface area (Å²) in [5.41, 5.74) is -1.62. The van der Waals surface area contributed by atoms with Crippen LogP contribution in [0.5, 0.6) is 5.75 Å². The molecule has 0 saturated heterocycles. The third kappa shape index (κ3) is 5.38. The number of rotatable bonds is 4. The Morgan fingerprint density at radius 1 is 1.14 bits per heavy atom. The maximum Gasteiger partial charge on any atom is 0.419 e. The summed E-state index contributed by atoms with van der Waals surface area (Å²) < 4.78 is 42.9. The summed E-state index contributed by atoms with van der Waals surface area (Å²) in [5, 5.41) is 2.52. The number of hydrogen-bond acceptors (Lipinski definition) is 3. The highest BCUT2D eigenvalue weighted by atomic mass is 19.4. The summed E-state index contributed by atoms with van der Waals surface area (Å²) in [4.78, 5) is 23.2. The van der Waals surface area contributed by atoms with Crippen molar-refractivity contribution in [2.75, 3.05) is 6.54 Å². The van der Waals surface area contributed by atoms with Crippen LogP contribution < -0.4 is 10.1 Å². The lowest BCUT2D eigenvalue weighted by Crippen LogP contribution is -2.36. The van der Waals surface area contributed by atoms with Crippen LogP contribution in [0, 0.1) is 5.41 Å². The maximum absolute atomic E-state index is 12.7. The van der Waals surface area contributed by atoms with Crippen molar-refractivity contribution in [3.63, 3.8) is 0 Å². The number of para-hydroxylation sites is 1. The fraction of sp³-hybridized carbons (Fsp3) is 0.467. The van der Waals surface area contributed by atoms with Crippen LogP contribution in [0.25, 0.3) is 0 Å². The molecule has 4 nitrogen and oxygen atoms in total. The first-order chi connectivity index (χ1) is 10.0. The molecular formula is C15H18F3NO3. The Labute approximate surface area is 126 Å². The summed E-state index contributed by atoms with van der Waals surface area (Å²) in [5.74, 6) is -1.64. The van der Waals surface area contributed by atoms with E-state index < -0.39 is 28.9 Å². The van der Waals surface area contributed by atoms with Crippen molar-refractivity contribution in [3.05, 3.63) is 29.8 Å². The molecule has 0 unspecified atom stereocenters. The Hall–Kier alpha value is -2.05. The summed E-state index contributed by atoms with van der Waals surface area (Å²) in [6.45, 7) is 5.13. The third-order valence-electron chi connectivity index (χ3n) is 2.71. The molecule has 1 aromatic rings. The molecule has 0 spiro atoms. The van der Waals surface area contributed by atoms with Gasteiger partial charge in [0.1, 0.15) is 5.75 Å². The van der Waals surface area contributed by atoms with Crippen LogP contribution >= 0.6 is 0 Å².